The second kappa shape index (κ2) is 13.3. The summed E-state index contributed by atoms with van der Waals surface area (Å²) in [6.07, 6.45) is 0. The lowest BCUT2D eigenvalue weighted by Gasteiger charge is -2.33. The standard InChI is InChI=1S/C34H26Cl2F2N4O6/c35-19-5-1-17(2-6-19)27-25(31(43)39-23-13-9-21(37)10-14-23)30(34(47)48)42-28(18-3-7-20(36)8-4-18)26(33(45)46)29(41(27)42)32(44)40-24-15-11-22(38)12-16-24/h1-16,25-30H,(H,39,43)(H,40,44)(H,45,46)(H,47,48)/t25-,26-,27+,28+,29+,30+/m0/s1. The van der Waals surface area contributed by atoms with Crippen LogP contribution in [0.15, 0.2) is 97.1 Å². The van der Waals surface area contributed by atoms with E-state index in [1.807, 2.05) is 0 Å². The van der Waals surface area contributed by atoms with Gasteiger partial charge < -0.3 is 20.8 Å². The number of nitrogens with one attached hydrogen (secondary N) is 2. The molecule has 0 radical (unpaired) electrons. The topological polar surface area (TPSA) is 139 Å². The van der Waals surface area contributed by atoms with Gasteiger partial charge in [-0.1, -0.05) is 47.5 Å². The fraction of sp³-hybridized carbons (Fsp3) is 0.176. The van der Waals surface area contributed by atoms with Crippen molar-refractivity contribution in [3.05, 3.63) is 130 Å². The molecule has 0 spiro atoms. The van der Waals surface area contributed by atoms with Gasteiger partial charge in [-0.15, -0.1) is 0 Å². The van der Waals surface area contributed by atoms with E-state index in [2.05, 4.69) is 10.6 Å². The molecule has 2 heterocycles. The number of carbonyl (C=O) groups is 4. The van der Waals surface area contributed by atoms with Gasteiger partial charge in [0.05, 0.1) is 18.0 Å². The highest BCUT2D eigenvalue weighted by Gasteiger charge is 2.67. The number of aliphatic carboxylic acids is 2. The zero-order valence-corrected chi connectivity index (χ0v) is 26.1. The Labute approximate surface area is 282 Å². The molecule has 6 atom stereocenters. The highest BCUT2D eigenvalue weighted by Crippen LogP contribution is 2.55. The largest absolute Gasteiger partial charge is 0.481 e. The molecule has 48 heavy (non-hydrogen) atoms. The molecule has 2 aliphatic heterocycles. The van der Waals surface area contributed by atoms with Crippen LogP contribution in [-0.4, -0.2) is 56.1 Å². The van der Waals surface area contributed by atoms with E-state index in [0.717, 1.165) is 24.3 Å². The highest BCUT2D eigenvalue weighted by molar-refractivity contribution is 6.30. The van der Waals surface area contributed by atoms with Crippen molar-refractivity contribution < 1.29 is 38.2 Å². The van der Waals surface area contributed by atoms with Gasteiger partial charge in [0, 0.05) is 21.4 Å². The maximum atomic E-state index is 14.2. The Morgan fingerprint density at radius 2 is 0.938 bits per heavy atom. The summed E-state index contributed by atoms with van der Waals surface area (Å²) in [5.41, 5.74) is 1.04. The number of anilines is 2. The number of carboxylic acid groups (broad SMARTS) is 2. The lowest BCUT2D eigenvalue weighted by atomic mass is 9.81. The Bertz CT molecular complexity index is 1860. The molecule has 4 aromatic carbocycles. The highest BCUT2D eigenvalue weighted by atomic mass is 35.5. The number of hydrazine groups is 1. The van der Waals surface area contributed by atoms with Gasteiger partial charge in [0.2, 0.25) is 11.8 Å². The summed E-state index contributed by atoms with van der Waals surface area (Å²) in [4.78, 5) is 54.8. The minimum atomic E-state index is -1.70. The van der Waals surface area contributed by atoms with Crippen LogP contribution < -0.4 is 10.6 Å². The Morgan fingerprint density at radius 3 is 1.35 bits per heavy atom. The van der Waals surface area contributed by atoms with Gasteiger partial charge >= 0.3 is 11.9 Å². The van der Waals surface area contributed by atoms with E-state index in [1.54, 1.807) is 12.1 Å². The molecule has 4 N–H and O–H groups in total. The summed E-state index contributed by atoms with van der Waals surface area (Å²) < 4.78 is 27.3. The molecule has 0 aliphatic carbocycles. The summed E-state index contributed by atoms with van der Waals surface area (Å²) in [7, 11) is 0. The van der Waals surface area contributed by atoms with Gasteiger partial charge in [0.1, 0.15) is 29.6 Å². The molecule has 0 saturated carbocycles. The van der Waals surface area contributed by atoms with Gasteiger partial charge in [-0.3, -0.25) is 19.2 Å². The maximum absolute atomic E-state index is 14.2. The zero-order valence-electron chi connectivity index (χ0n) is 24.6. The zero-order chi connectivity index (χ0) is 34.3. The Kier molecular flexibility index (Phi) is 9.17. The van der Waals surface area contributed by atoms with Gasteiger partial charge in [-0.05, 0) is 83.9 Å². The van der Waals surface area contributed by atoms with Crippen LogP contribution in [0.3, 0.4) is 0 Å². The Morgan fingerprint density at radius 1 is 0.542 bits per heavy atom. The van der Waals surface area contributed by atoms with Gasteiger partial charge in [-0.25, -0.2) is 18.8 Å². The van der Waals surface area contributed by atoms with Crippen LogP contribution in [0.25, 0.3) is 0 Å². The third-order valence-electron chi connectivity index (χ3n) is 8.52. The van der Waals surface area contributed by atoms with Crippen molar-refractivity contribution in [3.8, 4) is 0 Å². The number of carbonyl (C=O) groups excluding carboxylic acids is 2. The van der Waals surface area contributed by atoms with Crippen LogP contribution in [0, 0.1) is 23.5 Å². The summed E-state index contributed by atoms with van der Waals surface area (Å²) in [5.74, 6) is -8.60. The van der Waals surface area contributed by atoms with Gasteiger partial charge in [0.25, 0.3) is 0 Å². The van der Waals surface area contributed by atoms with E-state index in [-0.39, 0.29) is 11.4 Å². The first-order valence-electron chi connectivity index (χ1n) is 14.6. The molecule has 2 saturated heterocycles. The van der Waals surface area contributed by atoms with Crippen LogP contribution >= 0.6 is 23.2 Å². The van der Waals surface area contributed by atoms with E-state index < -0.39 is 71.4 Å². The summed E-state index contributed by atoms with van der Waals surface area (Å²) in [5, 5.41) is 30.1. The Balaban J connectivity index is 1.55. The van der Waals surface area contributed by atoms with Crippen molar-refractivity contribution in [2.24, 2.45) is 11.8 Å². The third-order valence-corrected chi connectivity index (χ3v) is 9.03. The van der Waals surface area contributed by atoms with Crippen molar-refractivity contribution in [1.29, 1.82) is 0 Å². The van der Waals surface area contributed by atoms with Crippen molar-refractivity contribution in [2.45, 2.75) is 24.2 Å². The molecule has 246 valence electrons. The number of hydrogen-bond acceptors (Lipinski definition) is 6. The number of amides is 2. The molecule has 14 heteroatoms. The monoisotopic (exact) mass is 694 g/mol. The molecule has 4 aromatic rings. The van der Waals surface area contributed by atoms with Gasteiger partial charge in [0.15, 0.2) is 0 Å². The van der Waals surface area contributed by atoms with E-state index in [0.29, 0.717) is 21.2 Å². The van der Waals surface area contributed by atoms with Crippen molar-refractivity contribution >= 4 is 58.3 Å². The average Bonchev–Trinajstić information content (AvgIpc) is 3.57. The summed E-state index contributed by atoms with van der Waals surface area (Å²) >= 11 is 12.3. The number of hydrogen-bond donors (Lipinski definition) is 4. The number of nitrogens with zero attached hydrogens (tertiary/aromatic N) is 2. The lowest BCUT2D eigenvalue weighted by molar-refractivity contribution is -0.151. The molecule has 10 nitrogen and oxygen atoms in total. The smallest absolute Gasteiger partial charge is 0.323 e. The quantitative estimate of drug-likeness (QED) is 0.176. The minimum absolute atomic E-state index is 0.162. The second-order valence-corrected chi connectivity index (χ2v) is 12.2. The van der Waals surface area contributed by atoms with E-state index >= 15 is 0 Å². The molecule has 0 bridgehead atoms. The van der Waals surface area contributed by atoms with Crippen LogP contribution in [-0.2, 0) is 19.2 Å². The van der Waals surface area contributed by atoms with Crippen LogP contribution in [0.4, 0.5) is 20.2 Å². The normalized spacial score (nSPS) is 23.8. The molecule has 2 fully saturated rings. The molecular formula is C34H26Cl2F2N4O6. The minimum Gasteiger partial charge on any atom is -0.481 e. The lowest BCUT2D eigenvalue weighted by Crippen LogP contribution is -2.48. The maximum Gasteiger partial charge on any atom is 0.323 e. The third kappa shape index (κ3) is 6.22. The predicted octanol–water partition coefficient (Wildman–Crippen LogP) is 6.02. The number of carboxylic acids is 2. The predicted molar refractivity (Wildman–Crippen MR) is 172 cm³/mol. The number of benzene rings is 4. The van der Waals surface area contributed by atoms with Crippen LogP contribution in [0.2, 0.25) is 10.0 Å². The molecule has 0 aromatic heterocycles. The van der Waals surface area contributed by atoms with E-state index in [1.165, 1.54) is 70.7 Å². The molecular weight excluding hydrogens is 669 g/mol. The number of fused-ring (bicyclic) bond motifs is 1. The number of rotatable bonds is 8. The average molecular weight is 696 g/mol. The SMILES string of the molecule is O=C(O)[C@H]1[C@@H](c2ccc(Cl)cc2)N2[C@@H](C(=O)O)[C@@H](C(=O)Nc3ccc(F)cc3)[C@@H](c3ccc(Cl)cc3)N2[C@H]1C(=O)Nc1ccc(F)cc1. The summed E-state index contributed by atoms with van der Waals surface area (Å²) in [6.45, 7) is 0. The van der Waals surface area contributed by atoms with Crippen molar-refractivity contribution in [1.82, 2.24) is 10.0 Å². The Hall–Kier alpha value is -4.88. The number of halogens is 4. The fourth-order valence-electron chi connectivity index (χ4n) is 6.58. The first-order valence-corrected chi connectivity index (χ1v) is 15.4. The first kappa shape index (κ1) is 33.0. The van der Waals surface area contributed by atoms with E-state index in [9.17, 15) is 38.2 Å². The second-order valence-electron chi connectivity index (χ2n) is 11.4. The summed E-state index contributed by atoms with van der Waals surface area (Å²) in [6, 6.07) is 16.2. The van der Waals surface area contributed by atoms with E-state index in [4.69, 9.17) is 23.2 Å². The van der Waals surface area contributed by atoms with Gasteiger partial charge in [-0.2, -0.15) is 0 Å². The molecule has 2 aliphatic rings. The molecule has 0 unspecified atom stereocenters. The van der Waals surface area contributed by atoms with Crippen molar-refractivity contribution in [2.75, 3.05) is 10.6 Å². The van der Waals surface area contributed by atoms with Crippen LogP contribution in [0.5, 0.6) is 0 Å². The van der Waals surface area contributed by atoms with Crippen molar-refractivity contribution in [3.63, 3.8) is 0 Å². The molecule has 6 rings (SSSR count). The fourth-order valence-corrected chi connectivity index (χ4v) is 6.83. The first-order chi connectivity index (χ1) is 22.9. The molecule has 2 amide bonds. The van der Waals surface area contributed by atoms with Crippen LogP contribution in [0.1, 0.15) is 23.2 Å².